The maximum atomic E-state index is 12.9. The Morgan fingerprint density at radius 3 is 2.24 bits per heavy atom. The van der Waals surface area contributed by atoms with Crippen LogP contribution in [0.3, 0.4) is 0 Å². The zero-order valence-electron chi connectivity index (χ0n) is 16.5. The van der Waals surface area contributed by atoms with Gasteiger partial charge in [-0.05, 0) is 50.0 Å². The lowest BCUT2D eigenvalue weighted by Gasteiger charge is -2.29. The van der Waals surface area contributed by atoms with Gasteiger partial charge in [-0.2, -0.15) is 0 Å². The van der Waals surface area contributed by atoms with Crippen molar-refractivity contribution in [3.63, 3.8) is 0 Å². The predicted molar refractivity (Wildman–Crippen MR) is 112 cm³/mol. The van der Waals surface area contributed by atoms with Gasteiger partial charge in [-0.25, -0.2) is 4.79 Å². The van der Waals surface area contributed by atoms with Crippen LogP contribution < -0.4 is 21.9 Å². The van der Waals surface area contributed by atoms with Gasteiger partial charge in [0.05, 0.1) is 0 Å². The summed E-state index contributed by atoms with van der Waals surface area (Å²) in [5, 5.41) is 6.20. The molecule has 0 aliphatic heterocycles. The van der Waals surface area contributed by atoms with Gasteiger partial charge in [0.2, 0.25) is 0 Å². The molecular formula is C22H28N4O3. The van der Waals surface area contributed by atoms with E-state index >= 15 is 0 Å². The first kappa shape index (κ1) is 19.5. The molecule has 0 atom stereocenters. The van der Waals surface area contributed by atoms with Crippen molar-refractivity contribution in [1.29, 1.82) is 0 Å². The van der Waals surface area contributed by atoms with Crippen LogP contribution in [0.1, 0.15) is 73.3 Å². The Labute approximate surface area is 169 Å². The van der Waals surface area contributed by atoms with E-state index in [4.69, 9.17) is 0 Å². The third-order valence-corrected chi connectivity index (χ3v) is 6.21. The van der Waals surface area contributed by atoms with Gasteiger partial charge in [0.15, 0.2) is 0 Å². The summed E-state index contributed by atoms with van der Waals surface area (Å²) < 4.78 is 0. The first-order valence-electron chi connectivity index (χ1n) is 10.6. The zero-order chi connectivity index (χ0) is 20.2. The highest BCUT2D eigenvalue weighted by atomic mass is 16.2. The van der Waals surface area contributed by atoms with Gasteiger partial charge in [0.25, 0.3) is 11.5 Å². The largest absolute Gasteiger partial charge is 0.376 e. The number of hydrogen-bond acceptors (Lipinski definition) is 4. The highest BCUT2D eigenvalue weighted by molar-refractivity contribution is 5.97. The van der Waals surface area contributed by atoms with E-state index in [-0.39, 0.29) is 23.5 Å². The highest BCUT2D eigenvalue weighted by Crippen LogP contribution is 2.32. The number of rotatable bonds is 5. The highest BCUT2D eigenvalue weighted by Gasteiger charge is 2.26. The number of anilines is 1. The molecular weight excluding hydrogens is 368 g/mol. The van der Waals surface area contributed by atoms with E-state index in [9.17, 15) is 14.4 Å². The number of hydrogen-bond donors (Lipinski definition) is 4. The van der Waals surface area contributed by atoms with Crippen LogP contribution in [-0.4, -0.2) is 28.0 Å². The van der Waals surface area contributed by atoms with E-state index in [1.165, 1.54) is 5.56 Å². The molecule has 2 saturated carbocycles. The van der Waals surface area contributed by atoms with Gasteiger partial charge in [-0.1, -0.05) is 43.2 Å². The van der Waals surface area contributed by atoms with Gasteiger partial charge in [0, 0.05) is 12.1 Å². The SMILES string of the molecule is O=C(N[C@H]1CC[C@@H](c2ccccc2)CC1)c1[nH]c(=O)[nH]c(=O)c1NC1CCCC1. The number of amides is 1. The van der Waals surface area contributed by atoms with Crippen LogP contribution in [0.2, 0.25) is 0 Å². The molecule has 4 N–H and O–H groups in total. The summed E-state index contributed by atoms with van der Waals surface area (Å²) >= 11 is 0. The van der Waals surface area contributed by atoms with E-state index < -0.39 is 17.2 Å². The van der Waals surface area contributed by atoms with Crippen molar-refractivity contribution >= 4 is 11.6 Å². The van der Waals surface area contributed by atoms with Crippen molar-refractivity contribution in [2.45, 2.75) is 69.4 Å². The van der Waals surface area contributed by atoms with Crippen molar-refractivity contribution in [3.8, 4) is 0 Å². The third kappa shape index (κ3) is 4.60. The minimum Gasteiger partial charge on any atom is -0.376 e. The first-order chi connectivity index (χ1) is 14.1. The summed E-state index contributed by atoms with van der Waals surface area (Å²) in [5.74, 6) is 0.125. The summed E-state index contributed by atoms with van der Waals surface area (Å²) in [5.41, 5.74) is 0.352. The molecule has 2 aromatic rings. The van der Waals surface area contributed by atoms with Crippen LogP contribution >= 0.6 is 0 Å². The van der Waals surface area contributed by atoms with Crippen LogP contribution in [0, 0.1) is 0 Å². The number of nitrogens with one attached hydrogen (secondary N) is 4. The van der Waals surface area contributed by atoms with E-state index in [1.807, 2.05) is 6.07 Å². The smallest absolute Gasteiger partial charge is 0.326 e. The Balaban J connectivity index is 1.43. The number of aromatic nitrogens is 2. The lowest BCUT2D eigenvalue weighted by molar-refractivity contribution is 0.0921. The van der Waals surface area contributed by atoms with Gasteiger partial charge >= 0.3 is 5.69 Å². The summed E-state index contributed by atoms with van der Waals surface area (Å²) in [4.78, 5) is 41.8. The van der Waals surface area contributed by atoms with Gasteiger partial charge in [-0.15, -0.1) is 0 Å². The first-order valence-corrected chi connectivity index (χ1v) is 10.6. The topological polar surface area (TPSA) is 107 Å². The van der Waals surface area contributed by atoms with Crippen molar-refractivity contribution in [2.75, 3.05) is 5.32 Å². The molecule has 0 bridgehead atoms. The molecule has 1 amide bonds. The normalized spacial score (nSPS) is 22.3. The molecule has 0 unspecified atom stereocenters. The monoisotopic (exact) mass is 396 g/mol. The van der Waals surface area contributed by atoms with E-state index in [0.29, 0.717) is 5.92 Å². The van der Waals surface area contributed by atoms with Crippen molar-refractivity contribution in [2.24, 2.45) is 0 Å². The molecule has 2 aliphatic rings. The number of benzene rings is 1. The molecule has 1 aromatic carbocycles. The Morgan fingerprint density at radius 1 is 0.862 bits per heavy atom. The molecule has 1 heterocycles. The average Bonchev–Trinajstić information content (AvgIpc) is 3.24. The fourth-order valence-electron chi connectivity index (χ4n) is 4.62. The number of H-pyrrole nitrogens is 2. The maximum Gasteiger partial charge on any atom is 0.326 e. The maximum absolute atomic E-state index is 12.9. The van der Waals surface area contributed by atoms with Crippen molar-refractivity contribution < 1.29 is 4.79 Å². The quantitative estimate of drug-likeness (QED) is 0.623. The minimum absolute atomic E-state index is 0.0378. The van der Waals surface area contributed by atoms with Crippen LogP contribution in [0.15, 0.2) is 39.9 Å². The Kier molecular flexibility index (Phi) is 5.83. The molecule has 2 fully saturated rings. The van der Waals surface area contributed by atoms with E-state index in [1.54, 1.807) is 0 Å². The average molecular weight is 396 g/mol. The molecule has 7 nitrogen and oxygen atoms in total. The Bertz CT molecular complexity index is 952. The van der Waals surface area contributed by atoms with Crippen molar-refractivity contribution in [3.05, 3.63) is 62.4 Å². The number of aromatic amines is 2. The standard InChI is InChI=1S/C22H28N4O3/c27-20(24-17-12-10-15(11-13-17)14-6-2-1-3-7-14)19-18(21(28)26-22(29)25-19)23-16-8-4-5-9-16/h1-3,6-7,15-17,23H,4-5,8-13H2,(H,24,27)(H2,25,26,28,29)/t15-,17+. The zero-order valence-corrected chi connectivity index (χ0v) is 16.5. The van der Waals surface area contributed by atoms with Gasteiger partial charge < -0.3 is 15.6 Å². The second-order valence-electron chi connectivity index (χ2n) is 8.22. The minimum atomic E-state index is -0.662. The van der Waals surface area contributed by atoms with Crippen LogP contribution in [0.5, 0.6) is 0 Å². The van der Waals surface area contributed by atoms with Crippen LogP contribution in [0.4, 0.5) is 5.69 Å². The lowest BCUT2D eigenvalue weighted by atomic mass is 9.82. The Hall–Kier alpha value is -2.83. The lowest BCUT2D eigenvalue weighted by Crippen LogP contribution is -2.41. The summed E-state index contributed by atoms with van der Waals surface area (Å²) in [6, 6.07) is 10.7. The summed E-state index contributed by atoms with van der Waals surface area (Å²) in [6.45, 7) is 0. The van der Waals surface area contributed by atoms with Crippen LogP contribution in [0.25, 0.3) is 0 Å². The summed E-state index contributed by atoms with van der Waals surface area (Å²) in [6.07, 6.45) is 7.90. The predicted octanol–water partition coefficient (Wildman–Crippen LogP) is 2.87. The molecule has 4 rings (SSSR count). The fraction of sp³-hybridized carbons (Fsp3) is 0.500. The molecule has 0 saturated heterocycles. The van der Waals surface area contributed by atoms with E-state index in [2.05, 4.69) is 44.9 Å². The number of carbonyl (C=O) groups excluding carboxylic acids is 1. The third-order valence-electron chi connectivity index (χ3n) is 6.21. The molecule has 0 spiro atoms. The van der Waals surface area contributed by atoms with Crippen LogP contribution in [-0.2, 0) is 0 Å². The number of carbonyl (C=O) groups is 1. The summed E-state index contributed by atoms with van der Waals surface area (Å²) in [7, 11) is 0. The van der Waals surface area contributed by atoms with Gasteiger partial charge in [-0.3, -0.25) is 14.6 Å². The molecule has 1 aromatic heterocycles. The molecule has 2 aliphatic carbocycles. The fourth-order valence-corrected chi connectivity index (χ4v) is 4.62. The molecule has 0 radical (unpaired) electrons. The van der Waals surface area contributed by atoms with Gasteiger partial charge in [0.1, 0.15) is 11.4 Å². The molecule has 29 heavy (non-hydrogen) atoms. The van der Waals surface area contributed by atoms with Crippen molar-refractivity contribution in [1.82, 2.24) is 15.3 Å². The second-order valence-corrected chi connectivity index (χ2v) is 8.22. The molecule has 154 valence electrons. The Morgan fingerprint density at radius 2 is 1.55 bits per heavy atom. The second kappa shape index (κ2) is 8.68. The van der Waals surface area contributed by atoms with E-state index in [0.717, 1.165) is 51.4 Å². The molecule has 7 heteroatoms.